The lowest BCUT2D eigenvalue weighted by molar-refractivity contribution is 0.151. The molecule has 1 aromatic heterocycles. The highest BCUT2D eigenvalue weighted by atomic mass is 127. The van der Waals surface area contributed by atoms with Gasteiger partial charge in [-0.2, -0.15) is 0 Å². The number of halogens is 1. The molecule has 144 valence electrons. The molecule has 2 aliphatic carbocycles. The zero-order valence-electron chi connectivity index (χ0n) is 15.7. The number of rotatable bonds is 4. The Morgan fingerprint density at radius 2 is 2.12 bits per heavy atom. The summed E-state index contributed by atoms with van der Waals surface area (Å²) in [6.07, 6.45) is 12.5. The average molecular weight is 470 g/mol. The molecule has 0 atom stereocenters. The molecule has 6 heteroatoms. The molecule has 0 radical (unpaired) electrons. The maximum Gasteiger partial charge on any atom is 0.218 e. The van der Waals surface area contributed by atoms with Crippen molar-refractivity contribution in [2.75, 3.05) is 20.1 Å². The number of pyridine rings is 1. The van der Waals surface area contributed by atoms with E-state index < -0.39 is 0 Å². The van der Waals surface area contributed by atoms with Crippen LogP contribution < -0.4 is 10.1 Å². The molecule has 1 saturated heterocycles. The molecule has 3 fully saturated rings. The number of nitrogens with one attached hydrogen (secondary N) is 1. The molecular formula is C20H31IN4O. The monoisotopic (exact) mass is 470 g/mol. The third kappa shape index (κ3) is 4.26. The number of aliphatic imine (C=N–C) groups is 1. The maximum atomic E-state index is 6.15. The van der Waals surface area contributed by atoms with Crippen LogP contribution in [0.1, 0.15) is 56.9 Å². The standard InChI is InChI=1S/C20H30N4O.HI/c1-21-19(24-13-11-20(15-24)9-5-10-20)23-14-16-6-4-12-22-18(16)25-17-7-2-3-8-17;/h4,6,12,17H,2-3,5,7-11,13-15H2,1H3,(H,21,23);1H. The van der Waals surface area contributed by atoms with Crippen LogP contribution in [0.25, 0.3) is 0 Å². The number of aromatic nitrogens is 1. The van der Waals surface area contributed by atoms with E-state index in [2.05, 4.69) is 26.3 Å². The summed E-state index contributed by atoms with van der Waals surface area (Å²) in [4.78, 5) is 11.4. The fraction of sp³-hybridized carbons (Fsp3) is 0.700. The van der Waals surface area contributed by atoms with E-state index >= 15 is 0 Å². The summed E-state index contributed by atoms with van der Waals surface area (Å²) in [7, 11) is 1.88. The van der Waals surface area contributed by atoms with Crippen LogP contribution >= 0.6 is 24.0 Å². The smallest absolute Gasteiger partial charge is 0.218 e. The maximum absolute atomic E-state index is 6.15. The third-order valence-electron chi connectivity index (χ3n) is 6.23. The Hall–Kier alpha value is -1.05. The summed E-state index contributed by atoms with van der Waals surface area (Å²) in [6.45, 7) is 3.00. The van der Waals surface area contributed by atoms with Crippen molar-refractivity contribution in [1.29, 1.82) is 0 Å². The van der Waals surface area contributed by atoms with E-state index in [0.717, 1.165) is 43.3 Å². The Balaban J connectivity index is 0.00000196. The Morgan fingerprint density at radius 1 is 1.31 bits per heavy atom. The van der Waals surface area contributed by atoms with E-state index in [1.165, 1.54) is 38.5 Å². The van der Waals surface area contributed by atoms with Gasteiger partial charge in [0, 0.05) is 38.4 Å². The highest BCUT2D eigenvalue weighted by Crippen LogP contribution is 2.47. The summed E-state index contributed by atoms with van der Waals surface area (Å²) >= 11 is 0. The molecule has 5 nitrogen and oxygen atoms in total. The molecule has 1 aromatic rings. The van der Waals surface area contributed by atoms with E-state index in [9.17, 15) is 0 Å². The van der Waals surface area contributed by atoms with Crippen LogP contribution in [-0.2, 0) is 6.54 Å². The van der Waals surface area contributed by atoms with E-state index in [4.69, 9.17) is 4.74 Å². The molecule has 0 bridgehead atoms. The molecule has 0 aromatic carbocycles. The zero-order chi connectivity index (χ0) is 17.1. The molecule has 1 N–H and O–H groups in total. The van der Waals surface area contributed by atoms with Crippen molar-refractivity contribution in [2.45, 2.75) is 64.0 Å². The molecule has 2 saturated carbocycles. The van der Waals surface area contributed by atoms with Gasteiger partial charge in [0.25, 0.3) is 0 Å². The van der Waals surface area contributed by atoms with Gasteiger partial charge in [0.1, 0.15) is 6.10 Å². The predicted octanol–water partition coefficient (Wildman–Crippen LogP) is 3.97. The Kier molecular flexibility index (Phi) is 6.64. The molecule has 3 aliphatic rings. The van der Waals surface area contributed by atoms with Crippen molar-refractivity contribution in [3.05, 3.63) is 23.9 Å². The van der Waals surface area contributed by atoms with Crippen LogP contribution in [0, 0.1) is 5.41 Å². The lowest BCUT2D eigenvalue weighted by atomic mass is 9.68. The highest BCUT2D eigenvalue weighted by Gasteiger charge is 2.43. The van der Waals surface area contributed by atoms with Crippen LogP contribution in [0.4, 0.5) is 0 Å². The van der Waals surface area contributed by atoms with Crippen molar-refractivity contribution in [2.24, 2.45) is 10.4 Å². The normalized spacial score (nSPS) is 22.2. The summed E-state index contributed by atoms with van der Waals surface area (Å²) in [5, 5.41) is 3.53. The van der Waals surface area contributed by atoms with Gasteiger partial charge in [-0.15, -0.1) is 24.0 Å². The minimum atomic E-state index is 0. The summed E-state index contributed by atoms with van der Waals surface area (Å²) in [6, 6.07) is 4.09. The number of guanidine groups is 1. The second-order valence-electron chi connectivity index (χ2n) is 7.92. The highest BCUT2D eigenvalue weighted by molar-refractivity contribution is 14.0. The SMILES string of the molecule is CN=C(NCc1cccnc1OC1CCCC1)N1CCC2(CCC2)C1.I. The summed E-state index contributed by atoms with van der Waals surface area (Å²) < 4.78 is 6.15. The van der Waals surface area contributed by atoms with Crippen molar-refractivity contribution in [3.8, 4) is 5.88 Å². The Bertz CT molecular complexity index is 626. The Morgan fingerprint density at radius 3 is 2.77 bits per heavy atom. The first-order valence-corrected chi connectivity index (χ1v) is 9.84. The molecular weight excluding hydrogens is 439 g/mol. The number of likely N-dealkylation sites (tertiary alicyclic amines) is 1. The molecule has 26 heavy (non-hydrogen) atoms. The van der Waals surface area contributed by atoms with E-state index in [0.29, 0.717) is 18.1 Å². The lowest BCUT2D eigenvalue weighted by Crippen LogP contribution is -2.42. The second-order valence-corrected chi connectivity index (χ2v) is 7.92. The minimum Gasteiger partial charge on any atom is -0.474 e. The molecule has 1 aliphatic heterocycles. The van der Waals surface area contributed by atoms with Crippen LogP contribution in [0.5, 0.6) is 5.88 Å². The lowest BCUT2D eigenvalue weighted by Gasteiger charge is -2.38. The number of nitrogens with zero attached hydrogens (tertiary/aromatic N) is 3. The predicted molar refractivity (Wildman–Crippen MR) is 115 cm³/mol. The van der Waals surface area contributed by atoms with Crippen molar-refractivity contribution in [3.63, 3.8) is 0 Å². The topological polar surface area (TPSA) is 49.8 Å². The summed E-state index contributed by atoms with van der Waals surface area (Å²) in [5.41, 5.74) is 1.70. The van der Waals surface area contributed by atoms with Crippen molar-refractivity contribution < 1.29 is 4.74 Å². The van der Waals surface area contributed by atoms with Crippen molar-refractivity contribution >= 4 is 29.9 Å². The molecule has 2 heterocycles. The zero-order valence-corrected chi connectivity index (χ0v) is 18.1. The minimum absolute atomic E-state index is 0. The molecule has 0 unspecified atom stereocenters. The van der Waals surface area contributed by atoms with Gasteiger partial charge in [0.15, 0.2) is 5.96 Å². The van der Waals surface area contributed by atoms with Gasteiger partial charge in [0.2, 0.25) is 5.88 Å². The first-order chi connectivity index (χ1) is 12.3. The quantitative estimate of drug-likeness (QED) is 0.411. The summed E-state index contributed by atoms with van der Waals surface area (Å²) in [5.74, 6) is 1.80. The van der Waals surface area contributed by atoms with E-state index in [1.54, 1.807) is 0 Å². The van der Waals surface area contributed by atoms with Gasteiger partial charge < -0.3 is 15.0 Å². The van der Waals surface area contributed by atoms with Crippen LogP contribution in [0.2, 0.25) is 0 Å². The average Bonchev–Trinajstić information content (AvgIpc) is 3.26. The van der Waals surface area contributed by atoms with Crippen LogP contribution in [0.15, 0.2) is 23.3 Å². The number of hydrogen-bond acceptors (Lipinski definition) is 3. The van der Waals surface area contributed by atoms with Crippen LogP contribution in [0.3, 0.4) is 0 Å². The van der Waals surface area contributed by atoms with Gasteiger partial charge in [-0.05, 0) is 56.4 Å². The van der Waals surface area contributed by atoms with Gasteiger partial charge in [0.05, 0.1) is 0 Å². The van der Waals surface area contributed by atoms with Crippen molar-refractivity contribution in [1.82, 2.24) is 15.2 Å². The van der Waals surface area contributed by atoms with Gasteiger partial charge >= 0.3 is 0 Å². The molecule has 4 rings (SSSR count). The second kappa shape index (κ2) is 8.76. The first-order valence-electron chi connectivity index (χ1n) is 9.84. The van der Waals surface area contributed by atoms with Gasteiger partial charge in [-0.3, -0.25) is 4.99 Å². The fourth-order valence-corrected chi connectivity index (χ4v) is 4.54. The third-order valence-corrected chi connectivity index (χ3v) is 6.23. The van der Waals surface area contributed by atoms with Gasteiger partial charge in [-0.1, -0.05) is 12.5 Å². The fourth-order valence-electron chi connectivity index (χ4n) is 4.54. The Labute approximate surface area is 174 Å². The molecule has 1 spiro atoms. The number of hydrogen-bond donors (Lipinski definition) is 1. The number of ether oxygens (including phenoxy) is 1. The van der Waals surface area contributed by atoms with Gasteiger partial charge in [-0.25, -0.2) is 4.98 Å². The largest absolute Gasteiger partial charge is 0.474 e. The van der Waals surface area contributed by atoms with E-state index in [-0.39, 0.29) is 24.0 Å². The first kappa shape index (κ1) is 19.7. The van der Waals surface area contributed by atoms with E-state index in [1.807, 2.05) is 19.3 Å². The van der Waals surface area contributed by atoms with Crippen LogP contribution in [-0.4, -0.2) is 42.1 Å². The molecule has 0 amide bonds.